The van der Waals surface area contributed by atoms with Crippen molar-refractivity contribution in [2.45, 2.75) is 25.8 Å². The molecule has 0 saturated carbocycles. The Morgan fingerprint density at radius 2 is 1.79 bits per heavy atom. The van der Waals surface area contributed by atoms with Crippen molar-refractivity contribution in [2.75, 3.05) is 13.1 Å². The van der Waals surface area contributed by atoms with Crippen molar-refractivity contribution in [3.63, 3.8) is 0 Å². The number of likely N-dealkylation sites (tertiary alicyclic amines) is 1. The third kappa shape index (κ3) is 2.63. The summed E-state index contributed by atoms with van der Waals surface area (Å²) < 4.78 is 2.20. The lowest BCUT2D eigenvalue weighted by atomic mass is 9.99. The first-order chi connectivity index (χ1) is 11.7. The number of carbonyl (C=O) groups is 1. The third-order valence-electron chi connectivity index (χ3n) is 5.06. The van der Waals surface area contributed by atoms with Crippen molar-refractivity contribution in [3.05, 3.63) is 60.6 Å². The molecule has 0 bridgehead atoms. The van der Waals surface area contributed by atoms with Gasteiger partial charge in [0.05, 0.1) is 5.52 Å². The van der Waals surface area contributed by atoms with E-state index in [2.05, 4.69) is 51.8 Å². The maximum atomic E-state index is 11.5. The summed E-state index contributed by atoms with van der Waals surface area (Å²) >= 11 is 0. The molecule has 3 aromatic rings. The van der Waals surface area contributed by atoms with Crippen LogP contribution in [0.3, 0.4) is 0 Å². The molecule has 0 amide bonds. The number of hydrogen-bond acceptors (Lipinski definition) is 3. The number of fused-ring (bicyclic) bond motifs is 1. The third-order valence-corrected chi connectivity index (χ3v) is 5.06. The number of carbonyl (C=O) groups excluding carboxylic acids is 1. The fourth-order valence-corrected chi connectivity index (χ4v) is 3.64. The number of ketones is 1. The number of rotatable bonds is 3. The number of pyridine rings is 1. The molecule has 1 aliphatic rings. The summed E-state index contributed by atoms with van der Waals surface area (Å²) in [6.45, 7) is 3.97. The minimum Gasteiger partial charge on any atom is -0.316 e. The van der Waals surface area contributed by atoms with Crippen LogP contribution < -0.4 is 0 Å². The van der Waals surface area contributed by atoms with Gasteiger partial charge in [-0.2, -0.15) is 0 Å². The number of Topliss-reactive ketones (excluding diaryl/α,β-unsaturated/α-hetero) is 1. The molecule has 0 spiro atoms. The Bertz CT molecular complexity index is 859. The number of hydrogen-bond donors (Lipinski definition) is 0. The van der Waals surface area contributed by atoms with Crippen molar-refractivity contribution in [3.8, 4) is 5.69 Å². The van der Waals surface area contributed by atoms with E-state index in [1.54, 1.807) is 0 Å². The summed E-state index contributed by atoms with van der Waals surface area (Å²) in [6.07, 6.45) is 7.11. The SMILES string of the molecule is CC(c1cccc2c1ccn2-c1ccncc1)N1CCC(=O)CC1. The number of piperidine rings is 1. The van der Waals surface area contributed by atoms with Crippen molar-refractivity contribution < 1.29 is 4.79 Å². The van der Waals surface area contributed by atoms with Crippen LogP contribution in [0.25, 0.3) is 16.6 Å². The molecule has 1 unspecified atom stereocenters. The molecule has 2 aromatic heterocycles. The van der Waals surface area contributed by atoms with Crippen LogP contribution in [0.2, 0.25) is 0 Å². The van der Waals surface area contributed by atoms with Crippen LogP contribution >= 0.6 is 0 Å². The average Bonchev–Trinajstić information content (AvgIpc) is 3.06. The van der Waals surface area contributed by atoms with Crippen LogP contribution in [0.1, 0.15) is 31.4 Å². The van der Waals surface area contributed by atoms with Gasteiger partial charge >= 0.3 is 0 Å². The van der Waals surface area contributed by atoms with E-state index in [9.17, 15) is 4.79 Å². The largest absolute Gasteiger partial charge is 0.316 e. The van der Waals surface area contributed by atoms with E-state index in [0.717, 1.165) is 18.8 Å². The Morgan fingerprint density at radius 1 is 1.04 bits per heavy atom. The zero-order chi connectivity index (χ0) is 16.5. The monoisotopic (exact) mass is 319 g/mol. The first-order valence-electron chi connectivity index (χ1n) is 8.50. The molecule has 1 atom stereocenters. The van der Waals surface area contributed by atoms with Crippen LogP contribution in [0, 0.1) is 0 Å². The lowest BCUT2D eigenvalue weighted by molar-refractivity contribution is -0.121. The first kappa shape index (κ1) is 15.1. The summed E-state index contributed by atoms with van der Waals surface area (Å²) in [5.74, 6) is 0.389. The fraction of sp³-hybridized carbons (Fsp3) is 0.300. The minimum atomic E-state index is 0.315. The van der Waals surface area contributed by atoms with Crippen LogP contribution in [0.5, 0.6) is 0 Å². The van der Waals surface area contributed by atoms with Crippen molar-refractivity contribution >= 4 is 16.7 Å². The zero-order valence-electron chi connectivity index (χ0n) is 13.9. The highest BCUT2D eigenvalue weighted by molar-refractivity contribution is 5.86. The van der Waals surface area contributed by atoms with E-state index in [4.69, 9.17) is 0 Å². The summed E-state index contributed by atoms with van der Waals surface area (Å²) in [5, 5.41) is 1.28. The molecule has 1 fully saturated rings. The van der Waals surface area contributed by atoms with Crippen molar-refractivity contribution in [1.29, 1.82) is 0 Å². The van der Waals surface area contributed by atoms with Gasteiger partial charge in [-0.25, -0.2) is 0 Å². The highest BCUT2D eigenvalue weighted by Gasteiger charge is 2.23. The van der Waals surface area contributed by atoms with Gasteiger partial charge in [-0.05, 0) is 36.8 Å². The maximum Gasteiger partial charge on any atom is 0.135 e. The fourth-order valence-electron chi connectivity index (χ4n) is 3.64. The zero-order valence-corrected chi connectivity index (χ0v) is 13.9. The molecule has 3 heterocycles. The van der Waals surface area contributed by atoms with E-state index in [-0.39, 0.29) is 0 Å². The topological polar surface area (TPSA) is 38.1 Å². The molecule has 0 N–H and O–H groups in total. The number of benzene rings is 1. The minimum absolute atomic E-state index is 0.315. The van der Waals surface area contributed by atoms with E-state index in [0.29, 0.717) is 24.7 Å². The van der Waals surface area contributed by atoms with Crippen LogP contribution in [0.4, 0.5) is 0 Å². The first-order valence-corrected chi connectivity index (χ1v) is 8.50. The molecule has 122 valence electrons. The number of nitrogens with zero attached hydrogens (tertiary/aromatic N) is 3. The normalized spacial score (nSPS) is 17.3. The van der Waals surface area contributed by atoms with E-state index < -0.39 is 0 Å². The average molecular weight is 319 g/mol. The van der Waals surface area contributed by atoms with E-state index in [1.807, 2.05) is 24.5 Å². The molecule has 4 heteroatoms. The summed E-state index contributed by atoms with van der Waals surface area (Å²) in [5.41, 5.74) is 3.65. The van der Waals surface area contributed by atoms with Gasteiger partial charge < -0.3 is 4.57 Å². The van der Waals surface area contributed by atoms with Gasteiger partial charge in [0.1, 0.15) is 5.78 Å². The molecule has 1 aromatic carbocycles. The highest BCUT2D eigenvalue weighted by Crippen LogP contribution is 2.31. The predicted octanol–water partition coefficient (Wildman–Crippen LogP) is 3.75. The lowest BCUT2D eigenvalue weighted by Gasteiger charge is -2.32. The van der Waals surface area contributed by atoms with Gasteiger partial charge in [-0.15, -0.1) is 0 Å². The van der Waals surface area contributed by atoms with Gasteiger partial charge in [0, 0.05) is 61.6 Å². The molecule has 4 rings (SSSR count). The van der Waals surface area contributed by atoms with Gasteiger partial charge in [-0.1, -0.05) is 12.1 Å². The lowest BCUT2D eigenvalue weighted by Crippen LogP contribution is -2.35. The predicted molar refractivity (Wildman–Crippen MR) is 95.3 cm³/mol. The highest BCUT2D eigenvalue weighted by atomic mass is 16.1. The van der Waals surface area contributed by atoms with E-state index in [1.165, 1.54) is 16.5 Å². The molecule has 1 saturated heterocycles. The smallest absolute Gasteiger partial charge is 0.135 e. The Morgan fingerprint density at radius 3 is 2.54 bits per heavy atom. The number of aromatic nitrogens is 2. The summed E-state index contributed by atoms with van der Waals surface area (Å²) in [4.78, 5) is 18.0. The molecule has 1 aliphatic heterocycles. The van der Waals surface area contributed by atoms with Crippen molar-refractivity contribution in [2.24, 2.45) is 0 Å². The summed E-state index contributed by atoms with van der Waals surface area (Å²) in [6, 6.07) is 13.0. The standard InChI is InChI=1S/C20H21N3O/c1-15(22-12-7-17(24)8-13-22)18-3-2-4-20-19(18)9-14-23(20)16-5-10-21-11-6-16/h2-6,9-11,14-15H,7-8,12-13H2,1H3. The Balaban J connectivity index is 1.72. The van der Waals surface area contributed by atoms with Crippen molar-refractivity contribution in [1.82, 2.24) is 14.5 Å². The summed E-state index contributed by atoms with van der Waals surface area (Å²) in [7, 11) is 0. The molecule has 0 radical (unpaired) electrons. The van der Waals surface area contributed by atoms with Gasteiger partial charge in [0.15, 0.2) is 0 Å². The van der Waals surface area contributed by atoms with E-state index >= 15 is 0 Å². The molecular weight excluding hydrogens is 298 g/mol. The van der Waals surface area contributed by atoms with Crippen LogP contribution in [0.15, 0.2) is 55.0 Å². The second kappa shape index (κ2) is 6.21. The van der Waals surface area contributed by atoms with Crippen LogP contribution in [-0.2, 0) is 4.79 Å². The van der Waals surface area contributed by atoms with Gasteiger partial charge in [-0.3, -0.25) is 14.7 Å². The second-order valence-electron chi connectivity index (χ2n) is 6.42. The Labute approximate surface area is 141 Å². The van der Waals surface area contributed by atoms with Gasteiger partial charge in [0.25, 0.3) is 0 Å². The molecule has 24 heavy (non-hydrogen) atoms. The Kier molecular flexibility index (Phi) is 3.90. The van der Waals surface area contributed by atoms with Gasteiger partial charge in [0.2, 0.25) is 0 Å². The maximum absolute atomic E-state index is 11.5. The molecular formula is C20H21N3O. The molecule has 4 nitrogen and oxygen atoms in total. The Hall–Kier alpha value is -2.46. The second-order valence-corrected chi connectivity index (χ2v) is 6.42. The quantitative estimate of drug-likeness (QED) is 0.738. The van der Waals surface area contributed by atoms with Crippen LogP contribution in [-0.4, -0.2) is 33.3 Å². The molecule has 0 aliphatic carbocycles.